The third-order valence-corrected chi connectivity index (χ3v) is 6.47. The van der Waals surface area contributed by atoms with Gasteiger partial charge < -0.3 is 52.5 Å². The summed E-state index contributed by atoms with van der Waals surface area (Å²) >= 11 is 0. The number of halogens is 2. The topological polar surface area (TPSA) is 68.3 Å². The molecule has 0 aliphatic carbocycles. The molecule has 0 aromatic heterocycles. The molecule has 8 heteroatoms. The van der Waals surface area contributed by atoms with E-state index in [-0.39, 0.29) is 57.1 Å². The fourth-order valence-corrected chi connectivity index (χ4v) is 4.33. The van der Waals surface area contributed by atoms with E-state index in [0.717, 1.165) is 37.1 Å². The Balaban J connectivity index is 0.00000684. The monoisotopic (exact) mass is 652 g/mol. The number of carbonyl (C=O) groups is 4. The molecule has 0 spiro atoms. The first kappa shape index (κ1) is 36.0. The Bertz CT molecular complexity index is 991. The van der Waals surface area contributed by atoms with E-state index in [9.17, 15) is 19.2 Å². The van der Waals surface area contributed by atoms with E-state index in [4.69, 9.17) is 0 Å². The molecule has 0 unspecified atom stereocenters. The predicted octanol–water partition coefficient (Wildman–Crippen LogP) is -1.38. The summed E-state index contributed by atoms with van der Waals surface area (Å²) in [4.78, 5) is 48.0. The Hall–Kier alpha value is -2.00. The van der Waals surface area contributed by atoms with Crippen LogP contribution in [-0.2, 0) is 9.59 Å². The summed E-state index contributed by atoms with van der Waals surface area (Å²) in [5.41, 5.74) is 3.32. The first-order valence-corrected chi connectivity index (χ1v) is 12.7. The maximum atomic E-state index is 12.8. The number of carbonyl (C=O) groups excluding carboxylic acids is 4. The number of hydrogen-bond acceptors (Lipinski definition) is 4. The summed E-state index contributed by atoms with van der Waals surface area (Å²) in [5, 5.41) is 0. The van der Waals surface area contributed by atoms with Gasteiger partial charge in [0, 0.05) is 36.8 Å². The van der Waals surface area contributed by atoms with Crippen LogP contribution in [-0.4, -0.2) is 86.5 Å². The quantitative estimate of drug-likeness (QED) is 0.176. The standard InChI is InChI=1S/C30H42N2O4.2BrH/c1-23(33)9-7-19-31(3,4)21-29(35)27-15-11-25(12-16-27)26-13-17-28(18-14-26)30(36)22-32(5,6)20-8-10-24(2)34;;/h11-18H,7-10,19-22H2,1-6H3;2*1H/q+2;;/p-2. The number of hydrogen-bond donors (Lipinski definition) is 0. The minimum Gasteiger partial charge on any atom is -1.00 e. The highest BCUT2D eigenvalue weighted by atomic mass is 79.9. The minimum atomic E-state index is 0. The van der Waals surface area contributed by atoms with Crippen molar-refractivity contribution in [3.8, 4) is 11.1 Å². The number of likely N-dealkylation sites (N-methyl/N-ethyl adjacent to an activating group) is 2. The van der Waals surface area contributed by atoms with Crippen molar-refractivity contribution >= 4 is 23.1 Å². The molecule has 0 saturated heterocycles. The zero-order valence-corrected chi connectivity index (χ0v) is 26.7. The molecule has 0 atom stereocenters. The fraction of sp³-hybridized carbons (Fsp3) is 0.467. The third kappa shape index (κ3) is 12.7. The molecule has 2 aromatic carbocycles. The zero-order valence-electron chi connectivity index (χ0n) is 23.6. The molecule has 6 nitrogen and oxygen atoms in total. The Labute approximate surface area is 249 Å². The van der Waals surface area contributed by atoms with Gasteiger partial charge in [-0.15, -0.1) is 0 Å². The van der Waals surface area contributed by atoms with Crippen LogP contribution in [0, 0.1) is 0 Å². The maximum Gasteiger partial charge on any atom is 0.216 e. The van der Waals surface area contributed by atoms with Crippen molar-refractivity contribution in [1.82, 2.24) is 0 Å². The molecule has 210 valence electrons. The van der Waals surface area contributed by atoms with Gasteiger partial charge in [0.25, 0.3) is 0 Å². The van der Waals surface area contributed by atoms with Crippen LogP contribution in [0.15, 0.2) is 48.5 Å². The Morgan fingerprint density at radius 2 is 0.842 bits per heavy atom. The highest BCUT2D eigenvalue weighted by Crippen LogP contribution is 2.21. The van der Waals surface area contributed by atoms with Gasteiger partial charge in [0.2, 0.25) is 11.6 Å². The lowest BCUT2D eigenvalue weighted by Crippen LogP contribution is -3.00. The number of quaternary nitrogens is 2. The molecule has 0 saturated carbocycles. The molecule has 38 heavy (non-hydrogen) atoms. The van der Waals surface area contributed by atoms with Gasteiger partial charge in [-0.2, -0.15) is 0 Å². The van der Waals surface area contributed by atoms with Crippen molar-refractivity contribution < 1.29 is 62.1 Å². The molecule has 0 bridgehead atoms. The van der Waals surface area contributed by atoms with Crippen molar-refractivity contribution in [2.75, 3.05) is 54.4 Å². The van der Waals surface area contributed by atoms with Crippen LogP contribution in [0.3, 0.4) is 0 Å². The summed E-state index contributed by atoms with van der Waals surface area (Å²) in [6.07, 6.45) is 2.66. The van der Waals surface area contributed by atoms with Crippen molar-refractivity contribution in [3.63, 3.8) is 0 Å². The second-order valence-corrected chi connectivity index (χ2v) is 11.2. The molecule has 0 fully saturated rings. The van der Waals surface area contributed by atoms with Crippen molar-refractivity contribution in [2.45, 2.75) is 39.5 Å². The molecule has 0 amide bonds. The van der Waals surface area contributed by atoms with Crippen LogP contribution in [0.25, 0.3) is 11.1 Å². The maximum absolute atomic E-state index is 12.8. The summed E-state index contributed by atoms with van der Waals surface area (Å²) in [7, 11) is 8.06. The largest absolute Gasteiger partial charge is 1.00 e. The lowest BCUT2D eigenvalue weighted by atomic mass is 10.00. The van der Waals surface area contributed by atoms with Gasteiger partial charge in [-0.25, -0.2) is 0 Å². The molecule has 0 heterocycles. The number of rotatable bonds is 15. The smallest absolute Gasteiger partial charge is 0.216 e. The van der Waals surface area contributed by atoms with Crippen LogP contribution in [0.5, 0.6) is 0 Å². The summed E-state index contributed by atoms with van der Waals surface area (Å²) in [6, 6.07) is 15.2. The van der Waals surface area contributed by atoms with Crippen molar-refractivity contribution in [2.24, 2.45) is 0 Å². The fourth-order valence-electron chi connectivity index (χ4n) is 4.33. The lowest BCUT2D eigenvalue weighted by Gasteiger charge is -2.29. The van der Waals surface area contributed by atoms with Crippen LogP contribution in [0.1, 0.15) is 60.2 Å². The average Bonchev–Trinajstić information content (AvgIpc) is 2.77. The lowest BCUT2D eigenvalue weighted by molar-refractivity contribution is -0.882. The molecule has 0 radical (unpaired) electrons. The molecular formula is C30H42Br2N2O4. The molecule has 0 aliphatic heterocycles. The van der Waals surface area contributed by atoms with Crippen LogP contribution in [0.4, 0.5) is 0 Å². The molecule has 0 N–H and O–H groups in total. The van der Waals surface area contributed by atoms with E-state index in [2.05, 4.69) is 0 Å². The first-order chi connectivity index (χ1) is 16.8. The van der Waals surface area contributed by atoms with E-state index in [1.54, 1.807) is 13.8 Å². The van der Waals surface area contributed by atoms with Crippen LogP contribution < -0.4 is 34.0 Å². The van der Waals surface area contributed by atoms with Gasteiger partial charge in [-0.3, -0.25) is 9.59 Å². The molecule has 2 aromatic rings. The highest BCUT2D eigenvalue weighted by Gasteiger charge is 2.22. The van der Waals surface area contributed by atoms with Gasteiger partial charge in [-0.05, 0) is 25.0 Å². The first-order valence-electron chi connectivity index (χ1n) is 12.7. The predicted molar refractivity (Wildman–Crippen MR) is 144 cm³/mol. The number of nitrogens with zero attached hydrogens (tertiary/aromatic N) is 2. The van der Waals surface area contributed by atoms with Gasteiger partial charge in [-0.1, -0.05) is 48.5 Å². The Kier molecular flexibility index (Phi) is 15.3. The Morgan fingerprint density at radius 3 is 1.11 bits per heavy atom. The normalized spacial score (nSPS) is 11.2. The third-order valence-electron chi connectivity index (χ3n) is 6.47. The van der Waals surface area contributed by atoms with Gasteiger partial charge >= 0.3 is 0 Å². The van der Waals surface area contributed by atoms with Crippen molar-refractivity contribution in [1.29, 1.82) is 0 Å². The molecule has 2 rings (SSSR count). The summed E-state index contributed by atoms with van der Waals surface area (Å²) < 4.78 is 1.10. The Morgan fingerprint density at radius 1 is 0.553 bits per heavy atom. The SMILES string of the molecule is CC(=O)CCC[N+](C)(C)CC(=O)c1ccc(-c2ccc(C(=O)C[N+](C)(C)CCCC(C)=O)cc2)cc1.[Br-].[Br-]. The van der Waals surface area contributed by atoms with Crippen molar-refractivity contribution in [3.05, 3.63) is 59.7 Å². The van der Waals surface area contributed by atoms with E-state index in [1.165, 1.54) is 0 Å². The van der Waals surface area contributed by atoms with Crippen LogP contribution >= 0.6 is 0 Å². The van der Waals surface area contributed by atoms with E-state index < -0.39 is 0 Å². The highest BCUT2D eigenvalue weighted by molar-refractivity contribution is 5.98. The number of Topliss-reactive ketones (excluding diaryl/α,β-unsaturated/α-hetero) is 4. The summed E-state index contributed by atoms with van der Waals surface area (Å²) in [6.45, 7) is 5.53. The van der Waals surface area contributed by atoms with E-state index in [0.29, 0.717) is 46.0 Å². The molecule has 0 aliphatic rings. The van der Waals surface area contributed by atoms with Crippen LogP contribution in [0.2, 0.25) is 0 Å². The van der Waals surface area contributed by atoms with Gasteiger partial charge in [0.05, 0.1) is 41.3 Å². The average molecular weight is 654 g/mol. The summed E-state index contributed by atoms with van der Waals surface area (Å²) in [5.74, 6) is 0.524. The molecular weight excluding hydrogens is 612 g/mol. The van der Waals surface area contributed by atoms with E-state index >= 15 is 0 Å². The number of ketones is 4. The van der Waals surface area contributed by atoms with E-state index in [1.807, 2.05) is 76.7 Å². The van der Waals surface area contributed by atoms with Gasteiger partial charge in [0.1, 0.15) is 24.7 Å². The second kappa shape index (κ2) is 16.2. The number of benzene rings is 2. The van der Waals surface area contributed by atoms with Gasteiger partial charge in [0.15, 0.2) is 0 Å². The minimum absolute atomic E-state index is 0. The zero-order chi connectivity index (χ0) is 26.9. The second-order valence-electron chi connectivity index (χ2n) is 11.2.